The highest BCUT2D eigenvalue weighted by Crippen LogP contribution is 2.38. The van der Waals surface area contributed by atoms with E-state index in [0.717, 1.165) is 26.8 Å². The summed E-state index contributed by atoms with van der Waals surface area (Å²) in [4.78, 5) is 14.5. The standard InChI is InChI=1S/C45H30N4/c1-4-13-31(14-5-1)32-23-27-35(28-24-32)44-46-43(34-15-6-2-7-16-34)47-45(48-44)36-29-25-33(26-30-36)38-20-12-21-40-39-19-10-11-22-41(39)49(42(38)40)37-17-8-3-9-18-37/h1-30H/i3D,8D,9D,10D,11D,12D,17D,18D,19D,20D,21D,22D. The van der Waals surface area contributed by atoms with E-state index < -0.39 is 78.2 Å². The molecule has 4 nitrogen and oxygen atoms in total. The van der Waals surface area contributed by atoms with Gasteiger partial charge in [-0.2, -0.15) is 0 Å². The van der Waals surface area contributed by atoms with E-state index in [0.29, 0.717) is 28.6 Å². The molecule has 4 heteroatoms. The lowest BCUT2D eigenvalue weighted by molar-refractivity contribution is 1.07. The number of hydrogen-bond acceptors (Lipinski definition) is 3. The first-order chi connectivity index (χ1) is 29.3. The van der Waals surface area contributed by atoms with Gasteiger partial charge in [-0.25, -0.2) is 15.0 Å². The Morgan fingerprint density at radius 1 is 0.388 bits per heavy atom. The molecule has 2 heterocycles. The molecule has 0 spiro atoms. The molecule has 0 unspecified atom stereocenters. The summed E-state index contributed by atoms with van der Waals surface area (Å²) < 4.78 is 106. The lowest BCUT2D eigenvalue weighted by Crippen LogP contribution is -2.00. The van der Waals surface area contributed by atoms with Crippen LogP contribution in [0.2, 0.25) is 0 Å². The smallest absolute Gasteiger partial charge is 0.164 e. The monoisotopic (exact) mass is 638 g/mol. The molecule has 0 radical (unpaired) electrons. The van der Waals surface area contributed by atoms with E-state index >= 15 is 0 Å². The summed E-state index contributed by atoms with van der Waals surface area (Å²) in [6.45, 7) is 0. The number of benzene rings is 7. The van der Waals surface area contributed by atoms with Gasteiger partial charge in [-0.1, -0.05) is 164 Å². The molecule has 0 fully saturated rings. The first kappa shape index (κ1) is 18.6. The summed E-state index contributed by atoms with van der Waals surface area (Å²) in [5.74, 6) is 1.19. The van der Waals surface area contributed by atoms with Gasteiger partial charge in [0, 0.05) is 38.7 Å². The number of para-hydroxylation sites is 3. The SMILES string of the molecule is [2H]c1c([2H])c([2H])c(-n2c3c([2H])c([2H])c([2H])c([2H])c3c3c([2H])c([2H])c([2H])c(-c4ccc(-c5nc(-c6ccccc6)nc(-c6ccc(-c7ccccc7)cc6)n5)cc4)c32)c([2H])c1[2H]. The maximum absolute atomic E-state index is 9.22. The van der Waals surface area contributed by atoms with Crippen LogP contribution in [0.3, 0.4) is 0 Å². The molecule has 9 aromatic rings. The Morgan fingerprint density at radius 3 is 1.49 bits per heavy atom. The van der Waals surface area contributed by atoms with E-state index in [1.807, 2.05) is 84.9 Å². The van der Waals surface area contributed by atoms with E-state index in [2.05, 4.69) is 0 Å². The zero-order chi connectivity index (χ0) is 43.0. The molecule has 0 N–H and O–H groups in total. The van der Waals surface area contributed by atoms with E-state index in [9.17, 15) is 1.37 Å². The van der Waals surface area contributed by atoms with E-state index in [1.165, 1.54) is 0 Å². The van der Waals surface area contributed by atoms with Gasteiger partial charge in [-0.05, 0) is 34.8 Å². The van der Waals surface area contributed by atoms with Crippen molar-refractivity contribution >= 4 is 21.8 Å². The minimum Gasteiger partial charge on any atom is -0.309 e. The highest BCUT2D eigenvalue weighted by atomic mass is 15.0. The predicted molar refractivity (Wildman–Crippen MR) is 201 cm³/mol. The molecule has 0 bridgehead atoms. The second-order valence-corrected chi connectivity index (χ2v) is 11.2. The molecule has 230 valence electrons. The number of rotatable bonds is 6. The largest absolute Gasteiger partial charge is 0.309 e. The van der Waals surface area contributed by atoms with Crippen LogP contribution in [0.15, 0.2) is 182 Å². The Morgan fingerprint density at radius 2 is 0.857 bits per heavy atom. The molecule has 7 aromatic carbocycles. The molecule has 0 saturated heterocycles. The van der Waals surface area contributed by atoms with E-state index in [-0.39, 0.29) is 27.4 Å². The van der Waals surface area contributed by atoms with E-state index in [1.54, 1.807) is 24.3 Å². The number of nitrogens with zero attached hydrogens (tertiary/aromatic N) is 4. The highest BCUT2D eigenvalue weighted by Gasteiger charge is 2.17. The van der Waals surface area contributed by atoms with Crippen LogP contribution in [-0.2, 0) is 0 Å². The quantitative estimate of drug-likeness (QED) is 0.182. The van der Waals surface area contributed by atoms with Crippen LogP contribution in [0, 0.1) is 0 Å². The van der Waals surface area contributed by atoms with Crippen LogP contribution < -0.4 is 0 Å². The highest BCUT2D eigenvalue weighted by molar-refractivity contribution is 6.13. The Hall–Kier alpha value is -6.65. The average molecular weight is 639 g/mol. The predicted octanol–water partition coefficient (Wildman–Crippen LogP) is 11.3. The van der Waals surface area contributed by atoms with Crippen LogP contribution in [0.1, 0.15) is 16.4 Å². The van der Waals surface area contributed by atoms with Crippen molar-refractivity contribution in [3.05, 3.63) is 182 Å². The van der Waals surface area contributed by atoms with Gasteiger partial charge in [0.25, 0.3) is 0 Å². The van der Waals surface area contributed by atoms with Crippen molar-refractivity contribution in [1.82, 2.24) is 19.5 Å². The Kier molecular flexibility index (Phi) is 4.63. The fraction of sp³-hybridized carbons (Fsp3) is 0. The summed E-state index contributed by atoms with van der Waals surface area (Å²) >= 11 is 0. The van der Waals surface area contributed by atoms with E-state index in [4.69, 9.17) is 30.0 Å². The second-order valence-electron chi connectivity index (χ2n) is 11.2. The summed E-state index contributed by atoms with van der Waals surface area (Å²) in [6, 6.07) is 26.7. The van der Waals surface area contributed by atoms with Crippen LogP contribution in [0.4, 0.5) is 0 Å². The number of fused-ring (bicyclic) bond motifs is 3. The van der Waals surface area contributed by atoms with Gasteiger partial charge in [0.2, 0.25) is 0 Å². The zero-order valence-electron chi connectivity index (χ0n) is 37.7. The van der Waals surface area contributed by atoms with Gasteiger partial charge < -0.3 is 4.57 Å². The van der Waals surface area contributed by atoms with Crippen molar-refractivity contribution in [1.29, 1.82) is 0 Å². The maximum Gasteiger partial charge on any atom is 0.164 e. The first-order valence-corrected chi connectivity index (χ1v) is 15.5. The third-order valence-electron chi connectivity index (χ3n) is 8.27. The maximum atomic E-state index is 9.22. The van der Waals surface area contributed by atoms with Gasteiger partial charge in [-0.3, -0.25) is 0 Å². The molecular formula is C45H30N4. The third kappa shape index (κ3) is 5.26. The Bertz CT molecular complexity index is 3220. The molecule has 0 aliphatic carbocycles. The van der Waals surface area contributed by atoms with Crippen molar-refractivity contribution < 1.29 is 16.4 Å². The number of hydrogen-bond donors (Lipinski definition) is 0. The van der Waals surface area contributed by atoms with Crippen LogP contribution in [0.25, 0.3) is 83.9 Å². The Balaban J connectivity index is 1.28. The fourth-order valence-electron chi connectivity index (χ4n) is 5.94. The molecule has 2 aromatic heterocycles. The molecule has 0 aliphatic heterocycles. The van der Waals surface area contributed by atoms with Crippen LogP contribution in [0.5, 0.6) is 0 Å². The summed E-state index contributed by atoms with van der Waals surface area (Å²) in [6.07, 6.45) is 0. The van der Waals surface area contributed by atoms with Crippen molar-refractivity contribution in [3.8, 4) is 62.1 Å². The summed E-state index contributed by atoms with van der Waals surface area (Å²) in [7, 11) is 0. The third-order valence-corrected chi connectivity index (χ3v) is 8.27. The number of aromatic nitrogens is 4. The van der Waals surface area contributed by atoms with Crippen LogP contribution >= 0.6 is 0 Å². The first-order valence-electron chi connectivity index (χ1n) is 21.5. The van der Waals surface area contributed by atoms with Crippen molar-refractivity contribution in [3.63, 3.8) is 0 Å². The summed E-state index contributed by atoms with van der Waals surface area (Å²) in [5.41, 5.74) is 3.69. The van der Waals surface area contributed by atoms with Gasteiger partial charge >= 0.3 is 0 Å². The molecule has 49 heavy (non-hydrogen) atoms. The molecule has 0 amide bonds. The second kappa shape index (κ2) is 12.2. The lowest BCUT2D eigenvalue weighted by Gasteiger charge is -2.12. The molecule has 0 saturated carbocycles. The van der Waals surface area contributed by atoms with Gasteiger partial charge in [0.1, 0.15) is 0 Å². The molecular weight excluding hydrogens is 597 g/mol. The van der Waals surface area contributed by atoms with Gasteiger partial charge in [0.15, 0.2) is 17.5 Å². The van der Waals surface area contributed by atoms with Crippen molar-refractivity contribution in [2.75, 3.05) is 0 Å². The molecule has 0 aliphatic rings. The average Bonchev–Trinajstić information content (AvgIpc) is 3.64. The van der Waals surface area contributed by atoms with Gasteiger partial charge in [-0.15, -0.1) is 0 Å². The molecule has 9 rings (SSSR count). The lowest BCUT2D eigenvalue weighted by atomic mass is 10.0. The topological polar surface area (TPSA) is 43.6 Å². The van der Waals surface area contributed by atoms with Crippen molar-refractivity contribution in [2.45, 2.75) is 0 Å². The fourth-order valence-corrected chi connectivity index (χ4v) is 5.94. The zero-order valence-corrected chi connectivity index (χ0v) is 25.7. The minimum atomic E-state index is -0.689. The minimum absolute atomic E-state index is 0.00207. The van der Waals surface area contributed by atoms with Crippen molar-refractivity contribution in [2.24, 2.45) is 0 Å². The molecule has 0 atom stereocenters. The van der Waals surface area contributed by atoms with Crippen LogP contribution in [-0.4, -0.2) is 19.5 Å². The Labute approximate surface area is 301 Å². The summed E-state index contributed by atoms with van der Waals surface area (Å²) in [5, 5.41) is -0.325. The normalized spacial score (nSPS) is 14.7. The van der Waals surface area contributed by atoms with Gasteiger partial charge in [0.05, 0.1) is 27.5 Å².